The monoisotopic (exact) mass is 283 g/mol. The van der Waals surface area contributed by atoms with E-state index in [0.717, 1.165) is 12.8 Å². The third-order valence-corrected chi connectivity index (χ3v) is 4.49. The number of hydrogen-bond acceptors (Lipinski definition) is 4. The van der Waals surface area contributed by atoms with E-state index in [9.17, 15) is 13.2 Å². The number of carbonyl (C=O) groups excluding carboxylic acids is 1. The van der Waals surface area contributed by atoms with Crippen LogP contribution in [-0.4, -0.2) is 43.5 Å². The first-order valence-corrected chi connectivity index (χ1v) is 7.94. The summed E-state index contributed by atoms with van der Waals surface area (Å²) in [4.78, 5) is 15.8. The second-order valence-electron chi connectivity index (χ2n) is 4.56. The molecule has 1 aromatic heterocycles. The van der Waals surface area contributed by atoms with Crippen LogP contribution in [0, 0.1) is 0 Å². The Morgan fingerprint density at radius 3 is 2.84 bits per heavy atom. The van der Waals surface area contributed by atoms with Crippen molar-refractivity contribution in [2.24, 2.45) is 0 Å². The Morgan fingerprint density at radius 1 is 1.47 bits per heavy atom. The van der Waals surface area contributed by atoms with Crippen molar-refractivity contribution in [1.29, 1.82) is 0 Å². The minimum Gasteiger partial charge on any atom is -0.354 e. The zero-order chi connectivity index (χ0) is 14.0. The summed E-state index contributed by atoms with van der Waals surface area (Å²) >= 11 is 0. The van der Waals surface area contributed by atoms with E-state index in [-0.39, 0.29) is 11.9 Å². The van der Waals surface area contributed by atoms with E-state index in [4.69, 9.17) is 0 Å². The number of nitrogens with zero attached hydrogens (tertiary/aromatic N) is 2. The van der Waals surface area contributed by atoms with Gasteiger partial charge in [-0.1, -0.05) is 6.07 Å². The van der Waals surface area contributed by atoms with Crippen molar-refractivity contribution in [2.75, 3.05) is 19.8 Å². The molecule has 1 aliphatic heterocycles. The van der Waals surface area contributed by atoms with Crippen molar-refractivity contribution in [3.05, 3.63) is 29.6 Å². The van der Waals surface area contributed by atoms with Gasteiger partial charge in [0.25, 0.3) is 5.91 Å². The van der Waals surface area contributed by atoms with Crippen LogP contribution in [0.15, 0.2) is 18.2 Å². The van der Waals surface area contributed by atoms with Crippen LogP contribution in [0.3, 0.4) is 0 Å². The zero-order valence-corrected chi connectivity index (χ0v) is 11.8. The van der Waals surface area contributed by atoms with Crippen LogP contribution in [0.4, 0.5) is 0 Å². The molecular weight excluding hydrogens is 266 g/mol. The van der Waals surface area contributed by atoms with Crippen molar-refractivity contribution in [3.8, 4) is 0 Å². The number of sulfonamides is 1. The minimum atomic E-state index is -3.25. The first kappa shape index (κ1) is 14.0. The Kier molecular flexibility index (Phi) is 3.86. The highest BCUT2D eigenvalue weighted by molar-refractivity contribution is 7.88. The predicted molar refractivity (Wildman–Crippen MR) is 71.2 cm³/mol. The Bertz CT molecular complexity index is 586. The van der Waals surface area contributed by atoms with Crippen LogP contribution in [-0.2, 0) is 10.0 Å². The van der Waals surface area contributed by atoms with E-state index in [1.165, 1.54) is 17.6 Å². The molecule has 0 aliphatic carbocycles. The van der Waals surface area contributed by atoms with Crippen LogP contribution >= 0.6 is 0 Å². The fraction of sp³-hybridized carbons (Fsp3) is 0.500. The lowest BCUT2D eigenvalue weighted by molar-refractivity contribution is 0.0957. The van der Waals surface area contributed by atoms with Crippen molar-refractivity contribution >= 4 is 15.9 Å². The van der Waals surface area contributed by atoms with E-state index in [1.807, 2.05) is 0 Å². The lowest BCUT2D eigenvalue weighted by Crippen LogP contribution is -2.30. The van der Waals surface area contributed by atoms with Crippen LogP contribution < -0.4 is 5.32 Å². The fourth-order valence-electron chi connectivity index (χ4n) is 2.32. The largest absolute Gasteiger partial charge is 0.354 e. The van der Waals surface area contributed by atoms with E-state index < -0.39 is 10.0 Å². The Balaban J connectivity index is 2.34. The molecule has 1 aliphatic rings. The van der Waals surface area contributed by atoms with Gasteiger partial charge in [-0.3, -0.25) is 4.79 Å². The van der Waals surface area contributed by atoms with Gasteiger partial charge < -0.3 is 5.32 Å². The number of hydrogen-bond donors (Lipinski definition) is 1. The van der Waals surface area contributed by atoms with Gasteiger partial charge in [0.15, 0.2) is 0 Å². The van der Waals surface area contributed by atoms with E-state index in [2.05, 4.69) is 10.3 Å². The second-order valence-corrected chi connectivity index (χ2v) is 6.49. The Hall–Kier alpha value is -1.47. The number of amides is 1. The molecule has 1 amide bonds. The third-order valence-electron chi connectivity index (χ3n) is 3.20. The van der Waals surface area contributed by atoms with Crippen LogP contribution in [0.25, 0.3) is 0 Å². The van der Waals surface area contributed by atoms with Crippen molar-refractivity contribution < 1.29 is 13.2 Å². The average molecular weight is 283 g/mol. The molecule has 2 rings (SSSR count). The molecule has 6 nitrogen and oxygen atoms in total. The first-order valence-electron chi connectivity index (χ1n) is 6.09. The Morgan fingerprint density at radius 2 is 2.21 bits per heavy atom. The fourth-order valence-corrected chi connectivity index (χ4v) is 3.46. The van der Waals surface area contributed by atoms with Gasteiger partial charge in [-0.15, -0.1) is 0 Å². The molecule has 1 aromatic rings. The summed E-state index contributed by atoms with van der Waals surface area (Å²) in [6, 6.07) is 4.84. The van der Waals surface area contributed by atoms with Gasteiger partial charge in [0.05, 0.1) is 18.0 Å². The molecule has 1 atom stereocenters. The predicted octanol–water partition coefficient (Wildman–Crippen LogP) is 0.538. The lowest BCUT2D eigenvalue weighted by Gasteiger charge is -2.21. The number of rotatable bonds is 3. The number of aromatic nitrogens is 1. The molecule has 1 fully saturated rings. The molecule has 0 unspecified atom stereocenters. The molecule has 7 heteroatoms. The quantitative estimate of drug-likeness (QED) is 0.878. The summed E-state index contributed by atoms with van der Waals surface area (Å²) in [7, 11) is -1.71. The van der Waals surface area contributed by atoms with Crippen LogP contribution in [0.5, 0.6) is 0 Å². The molecule has 0 bridgehead atoms. The van der Waals surface area contributed by atoms with Gasteiger partial charge in [0.1, 0.15) is 5.69 Å². The van der Waals surface area contributed by atoms with Gasteiger partial charge in [-0.05, 0) is 25.0 Å². The highest BCUT2D eigenvalue weighted by atomic mass is 32.2. The van der Waals surface area contributed by atoms with Crippen LogP contribution in [0.1, 0.15) is 35.1 Å². The third kappa shape index (κ3) is 2.93. The maximum absolute atomic E-state index is 11.7. The summed E-state index contributed by atoms with van der Waals surface area (Å²) in [5.41, 5.74) is 0.935. The normalized spacial score (nSPS) is 20.4. The molecule has 0 spiro atoms. The first-order chi connectivity index (χ1) is 8.93. The minimum absolute atomic E-state index is 0.264. The van der Waals surface area contributed by atoms with Crippen molar-refractivity contribution in [2.45, 2.75) is 18.9 Å². The summed E-state index contributed by atoms with van der Waals surface area (Å²) < 4.78 is 24.9. The smallest absolute Gasteiger partial charge is 0.269 e. The molecule has 2 heterocycles. The second kappa shape index (κ2) is 5.26. The van der Waals surface area contributed by atoms with Crippen molar-refractivity contribution in [1.82, 2.24) is 14.6 Å². The lowest BCUT2D eigenvalue weighted by atomic mass is 10.1. The van der Waals surface area contributed by atoms with E-state index in [0.29, 0.717) is 17.9 Å². The summed E-state index contributed by atoms with van der Waals surface area (Å²) in [6.45, 7) is 0.509. The van der Waals surface area contributed by atoms with Crippen molar-refractivity contribution in [3.63, 3.8) is 0 Å². The molecular formula is C12H17N3O3S. The highest BCUT2D eigenvalue weighted by Crippen LogP contribution is 2.32. The maximum atomic E-state index is 11.7. The number of pyridine rings is 1. The van der Waals surface area contributed by atoms with Gasteiger partial charge in [-0.2, -0.15) is 4.31 Å². The van der Waals surface area contributed by atoms with E-state index >= 15 is 0 Å². The Labute approximate surface area is 112 Å². The molecule has 0 aromatic carbocycles. The summed E-state index contributed by atoms with van der Waals surface area (Å²) in [5, 5.41) is 2.51. The molecule has 19 heavy (non-hydrogen) atoms. The van der Waals surface area contributed by atoms with Gasteiger partial charge in [0.2, 0.25) is 10.0 Å². The SMILES string of the molecule is CNC(=O)c1cccc([C@H]2CCCN2S(C)(=O)=O)n1. The molecule has 0 radical (unpaired) electrons. The topological polar surface area (TPSA) is 79.4 Å². The molecule has 104 valence electrons. The standard InChI is InChI=1S/C12H17N3O3S/c1-13-12(16)10-6-3-5-9(14-10)11-7-4-8-15(11)19(2,17)18/h3,5-6,11H,4,7-8H2,1-2H3,(H,13,16)/t11-/m1/s1. The van der Waals surface area contributed by atoms with Crippen LogP contribution in [0.2, 0.25) is 0 Å². The molecule has 1 N–H and O–H groups in total. The molecule has 1 saturated heterocycles. The number of nitrogens with one attached hydrogen (secondary N) is 1. The van der Waals surface area contributed by atoms with Gasteiger partial charge >= 0.3 is 0 Å². The highest BCUT2D eigenvalue weighted by Gasteiger charge is 2.33. The summed E-state index contributed by atoms with van der Waals surface area (Å²) in [6.07, 6.45) is 2.74. The van der Waals surface area contributed by atoms with E-state index in [1.54, 1.807) is 18.2 Å². The van der Waals surface area contributed by atoms with Gasteiger partial charge in [0, 0.05) is 13.6 Å². The average Bonchev–Trinajstić information content (AvgIpc) is 2.87. The summed E-state index contributed by atoms with van der Waals surface area (Å²) in [5.74, 6) is -0.272. The van der Waals surface area contributed by atoms with Gasteiger partial charge in [-0.25, -0.2) is 13.4 Å². The maximum Gasteiger partial charge on any atom is 0.269 e. The number of carbonyl (C=O) groups is 1. The molecule has 0 saturated carbocycles. The zero-order valence-electron chi connectivity index (χ0n) is 11.0.